The summed E-state index contributed by atoms with van der Waals surface area (Å²) in [6.07, 6.45) is 3.14. The zero-order chi connectivity index (χ0) is 11.4. The fourth-order valence-corrected chi connectivity index (χ4v) is 2.48. The molecule has 4 heteroatoms. The Morgan fingerprint density at radius 3 is 2.88 bits per heavy atom. The summed E-state index contributed by atoms with van der Waals surface area (Å²) in [4.78, 5) is 6.73. The molecule has 0 spiro atoms. The number of nitrogens with zero attached hydrogens (tertiary/aromatic N) is 2. The van der Waals surface area contributed by atoms with Gasteiger partial charge in [0, 0.05) is 25.8 Å². The molecule has 2 heterocycles. The van der Waals surface area contributed by atoms with Gasteiger partial charge in [-0.3, -0.25) is 9.88 Å². The molecule has 1 aromatic rings. The molecule has 17 heavy (non-hydrogen) atoms. The van der Waals surface area contributed by atoms with Crippen LogP contribution < -0.4 is 5.32 Å². The monoisotopic (exact) mass is 255 g/mol. The zero-order valence-electron chi connectivity index (χ0n) is 10.6. The summed E-state index contributed by atoms with van der Waals surface area (Å²) in [5, 5.41) is 3.44. The molecule has 1 saturated heterocycles. The van der Waals surface area contributed by atoms with Crippen LogP contribution in [0.4, 0.5) is 0 Å². The molecule has 0 radical (unpaired) electrons. The molecule has 1 atom stereocenters. The summed E-state index contributed by atoms with van der Waals surface area (Å²) in [6, 6.07) is 6.10. The fourth-order valence-electron chi connectivity index (χ4n) is 2.48. The standard InChI is InChI=1S/C13H21N3.ClH/c1-13(6-8-14-10-13)11-16(2)9-12-5-3-4-7-15-12;/h3-5,7,14H,6,8-11H2,1-2H3;1H. The summed E-state index contributed by atoms with van der Waals surface area (Å²) in [7, 11) is 2.18. The highest BCUT2D eigenvalue weighted by Crippen LogP contribution is 2.25. The van der Waals surface area contributed by atoms with Gasteiger partial charge >= 0.3 is 0 Å². The van der Waals surface area contributed by atoms with Crippen LogP contribution in [0.3, 0.4) is 0 Å². The van der Waals surface area contributed by atoms with Crippen LogP contribution >= 0.6 is 12.4 Å². The van der Waals surface area contributed by atoms with Crippen LogP contribution in [0.5, 0.6) is 0 Å². The van der Waals surface area contributed by atoms with Crippen molar-refractivity contribution >= 4 is 12.4 Å². The summed E-state index contributed by atoms with van der Waals surface area (Å²) >= 11 is 0. The minimum Gasteiger partial charge on any atom is -0.316 e. The van der Waals surface area contributed by atoms with Gasteiger partial charge in [-0.1, -0.05) is 13.0 Å². The van der Waals surface area contributed by atoms with Gasteiger partial charge in [0.25, 0.3) is 0 Å². The Hall–Kier alpha value is -0.640. The lowest BCUT2D eigenvalue weighted by molar-refractivity contribution is 0.202. The van der Waals surface area contributed by atoms with E-state index in [-0.39, 0.29) is 12.4 Å². The van der Waals surface area contributed by atoms with Crippen molar-refractivity contribution in [3.05, 3.63) is 30.1 Å². The van der Waals surface area contributed by atoms with Gasteiger partial charge in [0.15, 0.2) is 0 Å². The van der Waals surface area contributed by atoms with Crippen molar-refractivity contribution in [3.63, 3.8) is 0 Å². The number of nitrogens with one attached hydrogen (secondary N) is 1. The average Bonchev–Trinajstić information content (AvgIpc) is 2.66. The molecule has 1 aliphatic heterocycles. The van der Waals surface area contributed by atoms with Crippen molar-refractivity contribution in [3.8, 4) is 0 Å². The van der Waals surface area contributed by atoms with Crippen LogP contribution in [0.25, 0.3) is 0 Å². The highest BCUT2D eigenvalue weighted by molar-refractivity contribution is 5.85. The van der Waals surface area contributed by atoms with Crippen molar-refractivity contribution in [1.29, 1.82) is 0 Å². The first-order valence-corrected chi connectivity index (χ1v) is 5.97. The second-order valence-corrected chi connectivity index (χ2v) is 5.23. The second kappa shape index (κ2) is 6.34. The van der Waals surface area contributed by atoms with Crippen molar-refractivity contribution in [2.24, 2.45) is 5.41 Å². The lowest BCUT2D eigenvalue weighted by atomic mass is 9.89. The summed E-state index contributed by atoms with van der Waals surface area (Å²) in [5.74, 6) is 0. The third kappa shape index (κ3) is 4.26. The van der Waals surface area contributed by atoms with Crippen LogP contribution in [0, 0.1) is 5.41 Å². The van der Waals surface area contributed by atoms with Crippen LogP contribution in [-0.4, -0.2) is 36.6 Å². The van der Waals surface area contributed by atoms with E-state index in [9.17, 15) is 0 Å². The van der Waals surface area contributed by atoms with Crippen LogP contribution in [0.2, 0.25) is 0 Å². The van der Waals surface area contributed by atoms with Crippen molar-refractivity contribution < 1.29 is 0 Å². The first-order chi connectivity index (χ1) is 7.68. The average molecular weight is 256 g/mol. The minimum atomic E-state index is 0. The topological polar surface area (TPSA) is 28.2 Å². The Morgan fingerprint density at radius 2 is 2.29 bits per heavy atom. The Balaban J connectivity index is 0.00000144. The van der Waals surface area contributed by atoms with E-state index in [1.165, 1.54) is 6.42 Å². The molecular formula is C13H22ClN3. The number of hydrogen-bond donors (Lipinski definition) is 1. The van der Waals surface area contributed by atoms with Gasteiger partial charge in [-0.05, 0) is 37.6 Å². The van der Waals surface area contributed by atoms with E-state index in [0.717, 1.165) is 31.9 Å². The van der Waals surface area contributed by atoms with Crippen molar-refractivity contribution in [2.45, 2.75) is 19.9 Å². The van der Waals surface area contributed by atoms with Gasteiger partial charge in [0.2, 0.25) is 0 Å². The summed E-state index contributed by atoms with van der Waals surface area (Å²) < 4.78 is 0. The quantitative estimate of drug-likeness (QED) is 0.891. The number of halogens is 1. The minimum absolute atomic E-state index is 0. The maximum Gasteiger partial charge on any atom is 0.0543 e. The van der Waals surface area contributed by atoms with Crippen molar-refractivity contribution in [1.82, 2.24) is 15.2 Å². The molecular weight excluding hydrogens is 234 g/mol. The number of pyridine rings is 1. The van der Waals surface area contributed by atoms with E-state index in [2.05, 4.69) is 41.3 Å². The maximum absolute atomic E-state index is 4.36. The third-order valence-electron chi connectivity index (χ3n) is 3.27. The van der Waals surface area contributed by atoms with Gasteiger partial charge in [-0.2, -0.15) is 0 Å². The SMILES string of the molecule is CN(Cc1ccccn1)CC1(C)CCNC1.Cl. The zero-order valence-corrected chi connectivity index (χ0v) is 11.5. The smallest absolute Gasteiger partial charge is 0.0543 e. The highest BCUT2D eigenvalue weighted by Gasteiger charge is 2.29. The lowest BCUT2D eigenvalue weighted by Gasteiger charge is -2.28. The van der Waals surface area contributed by atoms with E-state index in [0.29, 0.717) is 5.41 Å². The molecule has 96 valence electrons. The number of aromatic nitrogens is 1. The van der Waals surface area contributed by atoms with Crippen LogP contribution in [-0.2, 0) is 6.54 Å². The number of rotatable bonds is 4. The van der Waals surface area contributed by atoms with Gasteiger partial charge < -0.3 is 5.32 Å². The molecule has 0 bridgehead atoms. The number of hydrogen-bond acceptors (Lipinski definition) is 3. The van der Waals surface area contributed by atoms with Crippen LogP contribution in [0.1, 0.15) is 19.0 Å². The first-order valence-electron chi connectivity index (χ1n) is 5.97. The van der Waals surface area contributed by atoms with Gasteiger partial charge in [-0.15, -0.1) is 12.4 Å². The van der Waals surface area contributed by atoms with E-state index in [1.807, 2.05) is 12.3 Å². The van der Waals surface area contributed by atoms with Crippen LogP contribution in [0.15, 0.2) is 24.4 Å². The van der Waals surface area contributed by atoms with E-state index in [1.54, 1.807) is 0 Å². The molecule has 1 N–H and O–H groups in total. The summed E-state index contributed by atoms with van der Waals surface area (Å²) in [6.45, 7) is 6.74. The molecule has 0 aliphatic carbocycles. The predicted octanol–water partition coefficient (Wildman–Crippen LogP) is 1.93. The van der Waals surface area contributed by atoms with Gasteiger partial charge in [0.05, 0.1) is 5.69 Å². The van der Waals surface area contributed by atoms with E-state index >= 15 is 0 Å². The van der Waals surface area contributed by atoms with Gasteiger partial charge in [-0.25, -0.2) is 0 Å². The van der Waals surface area contributed by atoms with E-state index in [4.69, 9.17) is 0 Å². The molecule has 0 saturated carbocycles. The predicted molar refractivity (Wildman–Crippen MR) is 73.4 cm³/mol. The molecule has 1 aliphatic rings. The second-order valence-electron chi connectivity index (χ2n) is 5.23. The molecule has 1 fully saturated rings. The Bertz CT molecular complexity index is 323. The first kappa shape index (κ1) is 14.4. The molecule has 2 rings (SSSR count). The summed E-state index contributed by atoms with van der Waals surface area (Å²) in [5.41, 5.74) is 1.59. The van der Waals surface area contributed by atoms with Gasteiger partial charge in [0.1, 0.15) is 0 Å². The Labute approximate surface area is 110 Å². The molecule has 0 amide bonds. The Morgan fingerprint density at radius 1 is 1.47 bits per heavy atom. The lowest BCUT2D eigenvalue weighted by Crippen LogP contribution is -2.34. The third-order valence-corrected chi connectivity index (χ3v) is 3.27. The van der Waals surface area contributed by atoms with Crippen molar-refractivity contribution in [2.75, 3.05) is 26.7 Å². The fraction of sp³-hybridized carbons (Fsp3) is 0.615. The largest absolute Gasteiger partial charge is 0.316 e. The normalized spacial score (nSPS) is 23.7. The Kier molecular flexibility index (Phi) is 5.37. The molecule has 3 nitrogen and oxygen atoms in total. The van der Waals surface area contributed by atoms with E-state index < -0.39 is 0 Å². The molecule has 0 aromatic carbocycles. The maximum atomic E-state index is 4.36. The highest BCUT2D eigenvalue weighted by atomic mass is 35.5. The molecule has 1 unspecified atom stereocenters. The molecule has 1 aromatic heterocycles.